The molecule has 86 valence electrons. The third-order valence-corrected chi connectivity index (χ3v) is 4.19. The first kappa shape index (κ1) is 10.1. The number of aliphatic hydroxyl groups is 1. The van der Waals surface area contributed by atoms with Gasteiger partial charge in [-0.15, -0.1) is 0 Å². The van der Waals surface area contributed by atoms with Gasteiger partial charge in [0, 0.05) is 19.6 Å². The summed E-state index contributed by atoms with van der Waals surface area (Å²) in [4.78, 5) is 0. The maximum atomic E-state index is 10.2. The molecular weight excluding hydrogens is 192 g/mol. The summed E-state index contributed by atoms with van der Waals surface area (Å²) in [5.74, 6) is 1.04. The van der Waals surface area contributed by atoms with E-state index in [-0.39, 0.29) is 11.7 Å². The number of hydrogen-bond donors (Lipinski definition) is 1. The zero-order valence-electron chi connectivity index (χ0n) is 9.15. The van der Waals surface area contributed by atoms with Crippen molar-refractivity contribution >= 4 is 0 Å². The summed E-state index contributed by atoms with van der Waals surface area (Å²) in [5, 5.41) is 10.2. The molecule has 2 heterocycles. The minimum atomic E-state index is -0.0774. The highest BCUT2D eigenvalue weighted by Crippen LogP contribution is 2.43. The Bertz CT molecular complexity index is 231. The third-order valence-electron chi connectivity index (χ3n) is 4.19. The molecule has 3 unspecified atom stereocenters. The molecule has 0 amide bonds. The van der Waals surface area contributed by atoms with Crippen LogP contribution < -0.4 is 0 Å². The molecule has 1 saturated carbocycles. The molecule has 0 bridgehead atoms. The fourth-order valence-electron chi connectivity index (χ4n) is 3.04. The van der Waals surface area contributed by atoms with E-state index in [0.29, 0.717) is 11.8 Å². The fourth-order valence-corrected chi connectivity index (χ4v) is 3.04. The fraction of sp³-hybridized carbons (Fsp3) is 1.00. The van der Waals surface area contributed by atoms with E-state index in [1.807, 2.05) is 0 Å². The summed E-state index contributed by atoms with van der Waals surface area (Å²) in [6.45, 7) is 2.37. The monoisotopic (exact) mass is 212 g/mol. The Morgan fingerprint density at radius 1 is 1.13 bits per heavy atom. The minimum Gasteiger partial charge on any atom is -0.393 e. The molecule has 1 aliphatic carbocycles. The number of aliphatic hydroxyl groups excluding tert-OH is 1. The molecule has 3 heteroatoms. The average Bonchev–Trinajstić information content (AvgIpc) is 3.02. The minimum absolute atomic E-state index is 0.0429. The van der Waals surface area contributed by atoms with Gasteiger partial charge >= 0.3 is 0 Å². The molecule has 0 aromatic rings. The molecule has 1 spiro atoms. The molecule has 1 N–H and O–H groups in total. The van der Waals surface area contributed by atoms with E-state index in [0.717, 1.165) is 39.1 Å². The summed E-state index contributed by atoms with van der Waals surface area (Å²) in [6.07, 6.45) is 5.42. The van der Waals surface area contributed by atoms with E-state index in [2.05, 4.69) is 0 Å². The summed E-state index contributed by atoms with van der Waals surface area (Å²) in [7, 11) is 0. The van der Waals surface area contributed by atoms with Crippen molar-refractivity contribution in [3.8, 4) is 0 Å². The predicted octanol–water partition coefficient (Wildman–Crippen LogP) is 1.34. The zero-order valence-corrected chi connectivity index (χ0v) is 9.15. The second-order valence-electron chi connectivity index (χ2n) is 5.41. The SMILES string of the molecule is OC(C1CC1)C1CCOC2(CCOC2)C1. The molecule has 3 nitrogen and oxygen atoms in total. The molecule has 2 aliphatic heterocycles. The van der Waals surface area contributed by atoms with Crippen molar-refractivity contribution in [3.63, 3.8) is 0 Å². The van der Waals surface area contributed by atoms with Crippen molar-refractivity contribution in [3.05, 3.63) is 0 Å². The molecule has 3 atom stereocenters. The molecule has 3 aliphatic rings. The lowest BCUT2D eigenvalue weighted by molar-refractivity contribution is -0.118. The molecule has 2 saturated heterocycles. The Balaban J connectivity index is 1.64. The zero-order chi connectivity index (χ0) is 10.3. The van der Waals surface area contributed by atoms with Crippen molar-refractivity contribution in [2.24, 2.45) is 11.8 Å². The summed E-state index contributed by atoms with van der Waals surface area (Å²) < 4.78 is 11.3. The van der Waals surface area contributed by atoms with Gasteiger partial charge in [-0.3, -0.25) is 0 Å². The van der Waals surface area contributed by atoms with Gasteiger partial charge < -0.3 is 14.6 Å². The second-order valence-corrected chi connectivity index (χ2v) is 5.41. The van der Waals surface area contributed by atoms with Crippen LogP contribution in [0.1, 0.15) is 32.1 Å². The number of rotatable bonds is 2. The molecule has 3 fully saturated rings. The first-order valence-electron chi connectivity index (χ1n) is 6.19. The molecule has 0 radical (unpaired) electrons. The maximum Gasteiger partial charge on any atom is 0.0940 e. The van der Waals surface area contributed by atoms with Crippen LogP contribution in [0.5, 0.6) is 0 Å². The maximum absolute atomic E-state index is 10.2. The highest BCUT2D eigenvalue weighted by atomic mass is 16.6. The van der Waals surface area contributed by atoms with Crippen LogP contribution in [-0.2, 0) is 9.47 Å². The first-order chi connectivity index (χ1) is 7.29. The van der Waals surface area contributed by atoms with Crippen LogP contribution in [0.3, 0.4) is 0 Å². The highest BCUT2D eigenvalue weighted by molar-refractivity contribution is 4.95. The van der Waals surface area contributed by atoms with Gasteiger partial charge in [0.2, 0.25) is 0 Å². The lowest BCUT2D eigenvalue weighted by Gasteiger charge is -2.39. The van der Waals surface area contributed by atoms with Crippen LogP contribution in [-0.4, -0.2) is 36.6 Å². The molecule has 0 aromatic carbocycles. The normalized spacial score (nSPS) is 43.4. The van der Waals surface area contributed by atoms with Gasteiger partial charge in [0.1, 0.15) is 0 Å². The van der Waals surface area contributed by atoms with Gasteiger partial charge in [0.05, 0.1) is 18.3 Å². The van der Waals surface area contributed by atoms with Crippen molar-refractivity contribution in [1.82, 2.24) is 0 Å². The predicted molar refractivity (Wildman–Crippen MR) is 55.6 cm³/mol. The summed E-state index contributed by atoms with van der Waals surface area (Å²) in [6, 6.07) is 0. The van der Waals surface area contributed by atoms with Crippen LogP contribution in [0, 0.1) is 11.8 Å². The second kappa shape index (κ2) is 3.72. The lowest BCUT2D eigenvalue weighted by Crippen LogP contribution is -2.44. The van der Waals surface area contributed by atoms with Gasteiger partial charge in [-0.1, -0.05) is 0 Å². The quantitative estimate of drug-likeness (QED) is 0.750. The number of ether oxygens (including phenoxy) is 2. The van der Waals surface area contributed by atoms with E-state index in [9.17, 15) is 5.11 Å². The van der Waals surface area contributed by atoms with E-state index >= 15 is 0 Å². The Morgan fingerprint density at radius 2 is 2.00 bits per heavy atom. The smallest absolute Gasteiger partial charge is 0.0940 e. The Labute approximate surface area is 90.8 Å². The lowest BCUT2D eigenvalue weighted by atomic mass is 9.81. The highest BCUT2D eigenvalue weighted by Gasteiger charge is 2.45. The van der Waals surface area contributed by atoms with Crippen LogP contribution in [0.4, 0.5) is 0 Å². The molecule has 3 rings (SSSR count). The van der Waals surface area contributed by atoms with Gasteiger partial charge in [-0.25, -0.2) is 0 Å². The topological polar surface area (TPSA) is 38.7 Å². The van der Waals surface area contributed by atoms with Crippen molar-refractivity contribution < 1.29 is 14.6 Å². The summed E-state index contributed by atoms with van der Waals surface area (Å²) in [5.41, 5.74) is -0.0429. The van der Waals surface area contributed by atoms with E-state index in [1.165, 1.54) is 12.8 Å². The van der Waals surface area contributed by atoms with Gasteiger partial charge in [0.15, 0.2) is 0 Å². The Hall–Kier alpha value is -0.120. The van der Waals surface area contributed by atoms with E-state index in [1.54, 1.807) is 0 Å². The van der Waals surface area contributed by atoms with Crippen LogP contribution in [0.15, 0.2) is 0 Å². The van der Waals surface area contributed by atoms with Crippen molar-refractivity contribution in [1.29, 1.82) is 0 Å². The largest absolute Gasteiger partial charge is 0.393 e. The standard InChI is InChI=1S/C12H20O3/c13-11(9-1-2-9)10-3-5-15-12(7-10)4-6-14-8-12/h9-11,13H,1-8H2. The Kier molecular flexibility index (Phi) is 2.49. The van der Waals surface area contributed by atoms with E-state index < -0.39 is 0 Å². The Morgan fingerprint density at radius 3 is 2.67 bits per heavy atom. The van der Waals surface area contributed by atoms with Gasteiger partial charge in [0.25, 0.3) is 0 Å². The number of hydrogen-bond acceptors (Lipinski definition) is 3. The molecule has 0 aromatic heterocycles. The summed E-state index contributed by atoms with van der Waals surface area (Å²) >= 11 is 0. The van der Waals surface area contributed by atoms with Gasteiger partial charge in [-0.05, 0) is 37.5 Å². The van der Waals surface area contributed by atoms with Crippen molar-refractivity contribution in [2.45, 2.75) is 43.8 Å². The third kappa shape index (κ3) is 1.93. The van der Waals surface area contributed by atoms with Crippen LogP contribution in [0.2, 0.25) is 0 Å². The van der Waals surface area contributed by atoms with Crippen LogP contribution in [0.25, 0.3) is 0 Å². The molecule has 15 heavy (non-hydrogen) atoms. The first-order valence-corrected chi connectivity index (χ1v) is 6.19. The molecular formula is C12H20O3. The van der Waals surface area contributed by atoms with Crippen molar-refractivity contribution in [2.75, 3.05) is 19.8 Å². The average molecular weight is 212 g/mol. The van der Waals surface area contributed by atoms with Crippen LogP contribution >= 0.6 is 0 Å². The van der Waals surface area contributed by atoms with E-state index in [4.69, 9.17) is 9.47 Å². The van der Waals surface area contributed by atoms with Gasteiger partial charge in [-0.2, -0.15) is 0 Å².